The number of hydrogen-bond acceptors (Lipinski definition) is 2. The molecule has 0 unspecified atom stereocenters. The maximum absolute atomic E-state index is 11.7. The van der Waals surface area contributed by atoms with Gasteiger partial charge in [-0.3, -0.25) is 0 Å². The first-order chi connectivity index (χ1) is 32.0. The third-order valence-corrected chi connectivity index (χ3v) is 13.7. The topological polar surface area (TPSA) is 31.4 Å². The molecule has 4 heteroatoms. The van der Waals surface area contributed by atoms with Crippen molar-refractivity contribution in [1.29, 1.82) is 0 Å². The monoisotopic (exact) mass is 885 g/mol. The van der Waals surface area contributed by atoms with E-state index in [1.165, 1.54) is 95.0 Å². The molecule has 342 valence electrons. The molecular formula is C63H70N3O+. The molecule has 0 bridgehead atoms. The Morgan fingerprint density at radius 3 is 1.73 bits per heavy atom. The summed E-state index contributed by atoms with van der Waals surface area (Å²) < 4.78 is 5.00. The highest BCUT2D eigenvalue weighted by Crippen LogP contribution is 2.45. The first kappa shape index (κ1) is 46.9. The summed E-state index contributed by atoms with van der Waals surface area (Å²) in [5.74, 6) is 0.422. The van der Waals surface area contributed by atoms with Crippen LogP contribution in [0.3, 0.4) is 0 Å². The molecule has 0 saturated heterocycles. The fourth-order valence-electron chi connectivity index (χ4n) is 10.4. The average Bonchev–Trinajstić information content (AvgIpc) is 3.62. The number of phenols is 1. The Morgan fingerprint density at radius 1 is 0.627 bits per heavy atom. The van der Waals surface area contributed by atoms with Crippen molar-refractivity contribution in [2.75, 3.05) is 18.0 Å². The van der Waals surface area contributed by atoms with Gasteiger partial charge in [-0.05, 0) is 139 Å². The lowest BCUT2D eigenvalue weighted by Gasteiger charge is -2.28. The summed E-state index contributed by atoms with van der Waals surface area (Å²) in [6.07, 6.45) is 10.1. The number of aromatic nitrogens is 1. The molecule has 1 aromatic heterocycles. The molecule has 0 radical (unpaired) electrons. The highest BCUT2D eigenvalue weighted by Gasteiger charge is 2.29. The predicted octanol–water partition coefficient (Wildman–Crippen LogP) is 16.0. The number of aromatic hydroxyl groups is 1. The molecule has 1 N–H and O–H groups in total. The fraction of sp³-hybridized carbons (Fsp3) is 0.286. The number of nitrogens with zero attached hydrogens (tertiary/aromatic N) is 3. The van der Waals surface area contributed by atoms with E-state index >= 15 is 0 Å². The van der Waals surface area contributed by atoms with Crippen LogP contribution in [0.2, 0.25) is 0 Å². The largest absolute Gasteiger partial charge is 0.507 e. The minimum Gasteiger partial charge on any atom is -0.507 e. The second-order valence-electron chi connectivity index (χ2n) is 20.5. The third kappa shape index (κ3) is 9.24. The molecule has 4 nitrogen and oxygen atoms in total. The number of anilines is 2. The molecule has 1 aliphatic carbocycles. The van der Waals surface area contributed by atoms with Gasteiger partial charge < -0.3 is 14.6 Å². The van der Waals surface area contributed by atoms with Crippen LogP contribution >= 0.6 is 0 Å². The lowest BCUT2D eigenvalue weighted by atomic mass is 9.78. The van der Waals surface area contributed by atoms with Crippen molar-refractivity contribution >= 4 is 39.2 Å². The van der Waals surface area contributed by atoms with Gasteiger partial charge in [0.2, 0.25) is 11.4 Å². The average molecular weight is 885 g/mol. The maximum Gasteiger partial charge on any atom is 0.211 e. The number of benzene rings is 6. The van der Waals surface area contributed by atoms with Crippen molar-refractivity contribution in [2.24, 2.45) is 0 Å². The van der Waals surface area contributed by atoms with Crippen LogP contribution in [0.15, 0.2) is 157 Å². The SMILES string of the molecule is CCN(c1ccc(C(=C2C=CC(=[N+](CC)c3c(C)cccc3C)C=C2)c2c(-c3ccccc3)n(CCc3cc(C(C)(C)C)c(O)c(C(C)(C)C)c3)c3ccccc23)cc1)c1c(C)cccc1C. The van der Waals surface area contributed by atoms with Crippen molar-refractivity contribution < 1.29 is 9.68 Å². The first-order valence-corrected chi connectivity index (χ1v) is 24.3. The minimum atomic E-state index is -0.211. The molecule has 0 spiro atoms. The molecule has 0 aliphatic heterocycles. The van der Waals surface area contributed by atoms with E-state index in [2.05, 4.69) is 249 Å². The summed E-state index contributed by atoms with van der Waals surface area (Å²) in [4.78, 5) is 2.44. The standard InChI is InChI=1S/C63H69N3O/c1-13-64(58-42(3)22-20-23-43(58)4)50-34-30-47(31-35-50)56(48-32-36-51(37-33-48)65(14-2)59-44(5)24-21-25-45(59)6)57-52-28-18-19-29-55(52)66(60(57)49-26-16-15-17-27-49)39-38-46-40-53(62(7,8)9)61(67)54(41-46)63(10,11)12/h15-37,40-41H,13-14,38-39H2,1-12H3/p+1. The van der Waals surface area contributed by atoms with Crippen molar-refractivity contribution in [2.45, 2.75) is 107 Å². The zero-order chi connectivity index (χ0) is 47.8. The molecule has 0 saturated carbocycles. The number of rotatable bonds is 11. The minimum absolute atomic E-state index is 0.211. The second-order valence-corrected chi connectivity index (χ2v) is 20.5. The summed E-state index contributed by atoms with van der Waals surface area (Å²) in [5, 5.41) is 12.9. The molecule has 1 heterocycles. The zero-order valence-corrected chi connectivity index (χ0v) is 42.1. The van der Waals surface area contributed by atoms with Crippen molar-refractivity contribution in [3.63, 3.8) is 0 Å². The molecule has 67 heavy (non-hydrogen) atoms. The molecule has 0 amide bonds. The summed E-state index contributed by atoms with van der Waals surface area (Å²) in [5.41, 5.74) is 21.1. The Balaban J connectivity index is 1.37. The van der Waals surface area contributed by atoms with E-state index < -0.39 is 0 Å². The highest BCUT2D eigenvalue weighted by atomic mass is 16.3. The van der Waals surface area contributed by atoms with E-state index in [0.29, 0.717) is 5.75 Å². The Bertz CT molecular complexity index is 2990. The number of phenolic OH excluding ortho intramolecular Hbond substituents is 1. The van der Waals surface area contributed by atoms with Gasteiger partial charge in [0, 0.05) is 64.2 Å². The lowest BCUT2D eigenvalue weighted by molar-refractivity contribution is -0.435. The van der Waals surface area contributed by atoms with Crippen LogP contribution in [-0.2, 0) is 23.8 Å². The molecule has 7 aromatic rings. The van der Waals surface area contributed by atoms with Crippen LogP contribution < -0.4 is 4.90 Å². The molecule has 1 aliphatic rings. The highest BCUT2D eigenvalue weighted by molar-refractivity contribution is 6.09. The summed E-state index contributed by atoms with van der Waals surface area (Å²) in [7, 11) is 0. The Labute approximate surface area is 401 Å². The van der Waals surface area contributed by atoms with Crippen molar-refractivity contribution in [3.05, 3.63) is 207 Å². The smallest absolute Gasteiger partial charge is 0.211 e. The van der Waals surface area contributed by atoms with Gasteiger partial charge in [-0.25, -0.2) is 0 Å². The Hall–Kier alpha value is -6.65. The van der Waals surface area contributed by atoms with E-state index in [-0.39, 0.29) is 10.8 Å². The maximum atomic E-state index is 11.7. The normalized spacial score (nSPS) is 12.9. The number of hydrogen-bond donors (Lipinski definition) is 1. The van der Waals surface area contributed by atoms with Gasteiger partial charge in [-0.15, -0.1) is 0 Å². The quantitative estimate of drug-likeness (QED) is 0.131. The van der Waals surface area contributed by atoms with E-state index in [9.17, 15) is 5.11 Å². The van der Waals surface area contributed by atoms with Gasteiger partial charge in [0.15, 0.2) is 0 Å². The van der Waals surface area contributed by atoms with Crippen molar-refractivity contribution in [1.82, 2.24) is 4.57 Å². The number of fused-ring (bicyclic) bond motifs is 1. The van der Waals surface area contributed by atoms with Crippen LogP contribution in [0.1, 0.15) is 105 Å². The molecule has 0 fully saturated rings. The molecule has 8 rings (SSSR count). The van der Waals surface area contributed by atoms with Crippen LogP contribution in [0.25, 0.3) is 27.7 Å². The zero-order valence-electron chi connectivity index (χ0n) is 42.1. The summed E-state index contributed by atoms with van der Waals surface area (Å²) >= 11 is 0. The van der Waals surface area contributed by atoms with Crippen molar-refractivity contribution in [3.8, 4) is 17.0 Å². The van der Waals surface area contributed by atoms with E-state index in [1.54, 1.807) is 0 Å². The van der Waals surface area contributed by atoms with Gasteiger partial charge in [0.1, 0.15) is 12.3 Å². The van der Waals surface area contributed by atoms with Crippen LogP contribution in [0.5, 0.6) is 5.75 Å². The number of aryl methyl sites for hydroxylation is 6. The molecule has 0 atom stereocenters. The van der Waals surface area contributed by atoms with Crippen LogP contribution in [0, 0.1) is 27.7 Å². The fourth-order valence-corrected chi connectivity index (χ4v) is 10.4. The van der Waals surface area contributed by atoms with Gasteiger partial charge in [-0.2, -0.15) is 4.58 Å². The summed E-state index contributed by atoms with van der Waals surface area (Å²) in [6, 6.07) is 46.9. The second kappa shape index (κ2) is 18.9. The molecular weight excluding hydrogens is 815 g/mol. The Kier molecular flexibility index (Phi) is 13.2. The summed E-state index contributed by atoms with van der Waals surface area (Å²) in [6.45, 7) is 29.0. The number of allylic oxidation sites excluding steroid dienone is 5. The number of para-hydroxylation sites is 3. The lowest BCUT2D eigenvalue weighted by Crippen LogP contribution is -2.18. The molecule has 6 aromatic carbocycles. The van der Waals surface area contributed by atoms with Crippen LogP contribution in [-0.4, -0.2) is 33.1 Å². The van der Waals surface area contributed by atoms with E-state index in [4.69, 9.17) is 0 Å². The van der Waals surface area contributed by atoms with Gasteiger partial charge >= 0.3 is 0 Å². The van der Waals surface area contributed by atoms with Gasteiger partial charge in [0.05, 0.1) is 5.69 Å². The first-order valence-electron chi connectivity index (χ1n) is 24.3. The van der Waals surface area contributed by atoms with E-state index in [1.807, 2.05) is 0 Å². The van der Waals surface area contributed by atoms with Gasteiger partial charge in [0.25, 0.3) is 0 Å². The van der Waals surface area contributed by atoms with E-state index in [0.717, 1.165) is 37.2 Å². The van der Waals surface area contributed by atoms with Gasteiger partial charge in [-0.1, -0.05) is 151 Å². The Morgan fingerprint density at radius 2 is 1.18 bits per heavy atom. The third-order valence-electron chi connectivity index (χ3n) is 13.7. The predicted molar refractivity (Wildman–Crippen MR) is 287 cm³/mol. The van der Waals surface area contributed by atoms with Crippen LogP contribution in [0.4, 0.5) is 17.1 Å².